The van der Waals surface area contributed by atoms with Crippen LogP contribution in [0.2, 0.25) is 0 Å². The average Bonchev–Trinajstić information content (AvgIpc) is 2.46. The van der Waals surface area contributed by atoms with Crippen LogP contribution in [0.5, 0.6) is 11.5 Å². The first kappa shape index (κ1) is 18.1. The van der Waals surface area contributed by atoms with Crippen LogP contribution in [0.4, 0.5) is 0 Å². The van der Waals surface area contributed by atoms with Crippen molar-refractivity contribution in [3.8, 4) is 11.5 Å². The van der Waals surface area contributed by atoms with Crippen LogP contribution in [0.1, 0.15) is 20.8 Å². The fraction of sp³-hybridized carbons (Fsp3) is 0.278. The zero-order valence-electron chi connectivity index (χ0n) is 14.0. The molecule has 0 bridgehead atoms. The van der Waals surface area contributed by atoms with Crippen LogP contribution in [0.25, 0.3) is 0 Å². The van der Waals surface area contributed by atoms with Gasteiger partial charge in [-0.05, 0) is 45.0 Å². The highest BCUT2D eigenvalue weighted by molar-refractivity contribution is 7.55. The fourth-order valence-electron chi connectivity index (χ4n) is 1.90. The molecule has 0 aliphatic carbocycles. The minimum Gasteiger partial charge on any atom is -0.459 e. The highest BCUT2D eigenvalue weighted by Crippen LogP contribution is 2.48. The Balaban J connectivity index is 2.20. The molecule has 2 aromatic carbocycles. The first-order valence-corrected chi connectivity index (χ1v) is 9.29. The van der Waals surface area contributed by atoms with Crippen LogP contribution in [-0.2, 0) is 14.1 Å². The second kappa shape index (κ2) is 7.54. The third kappa shape index (κ3) is 6.09. The molecular weight excluding hydrogens is 327 g/mol. The van der Waals surface area contributed by atoms with Crippen LogP contribution in [0.3, 0.4) is 0 Å². The van der Waals surface area contributed by atoms with E-state index in [0.29, 0.717) is 11.5 Å². The Morgan fingerprint density at radius 1 is 0.875 bits per heavy atom. The molecule has 0 N–H and O–H groups in total. The van der Waals surface area contributed by atoms with Gasteiger partial charge in [-0.15, -0.1) is 0 Å². The number of ether oxygens (including phenoxy) is 1. The summed E-state index contributed by atoms with van der Waals surface area (Å²) >= 11 is 0. The lowest BCUT2D eigenvalue weighted by atomic mass is 10.2. The number of benzene rings is 2. The van der Waals surface area contributed by atoms with E-state index in [2.05, 4.69) is 0 Å². The first-order valence-electron chi connectivity index (χ1n) is 7.56. The van der Waals surface area contributed by atoms with E-state index < -0.39 is 25.3 Å². The summed E-state index contributed by atoms with van der Waals surface area (Å²) in [5.74, 6) is 0.0818. The SMILES string of the molecule is CC(C)(C)OC(=O)CP(=O)(Oc1ccccc1)Oc1ccccc1. The van der Waals surface area contributed by atoms with Crippen molar-refractivity contribution in [1.82, 2.24) is 0 Å². The minimum atomic E-state index is -3.78. The third-order valence-corrected chi connectivity index (χ3v) is 4.34. The molecule has 24 heavy (non-hydrogen) atoms. The van der Waals surface area contributed by atoms with E-state index in [0.717, 1.165) is 0 Å². The zero-order valence-corrected chi connectivity index (χ0v) is 14.9. The molecule has 0 atom stereocenters. The molecule has 5 nitrogen and oxygen atoms in total. The number of carbonyl (C=O) groups is 1. The van der Waals surface area contributed by atoms with Crippen molar-refractivity contribution in [3.05, 3.63) is 60.7 Å². The van der Waals surface area contributed by atoms with Gasteiger partial charge in [-0.2, -0.15) is 0 Å². The highest BCUT2D eigenvalue weighted by Gasteiger charge is 2.34. The molecule has 0 fully saturated rings. The Morgan fingerprint density at radius 2 is 1.29 bits per heavy atom. The van der Waals surface area contributed by atoms with Crippen LogP contribution in [-0.4, -0.2) is 17.7 Å². The lowest BCUT2D eigenvalue weighted by molar-refractivity contribution is -0.151. The number of hydrogen-bond donors (Lipinski definition) is 0. The van der Waals surface area contributed by atoms with Crippen molar-refractivity contribution in [2.75, 3.05) is 6.16 Å². The second-order valence-corrected chi connectivity index (χ2v) is 8.07. The first-order chi connectivity index (χ1) is 11.3. The molecule has 0 unspecified atom stereocenters. The maximum Gasteiger partial charge on any atom is 0.441 e. The van der Waals surface area contributed by atoms with Gasteiger partial charge in [-0.3, -0.25) is 4.79 Å². The van der Waals surface area contributed by atoms with Crippen molar-refractivity contribution in [3.63, 3.8) is 0 Å². The zero-order chi connectivity index (χ0) is 17.6. The molecule has 0 aliphatic heterocycles. The summed E-state index contributed by atoms with van der Waals surface area (Å²) in [6.07, 6.45) is -0.478. The van der Waals surface area contributed by atoms with Crippen molar-refractivity contribution >= 4 is 13.6 Å². The Bertz CT molecular complexity index is 662. The van der Waals surface area contributed by atoms with Gasteiger partial charge >= 0.3 is 13.6 Å². The molecule has 2 aromatic rings. The molecule has 0 heterocycles. The van der Waals surface area contributed by atoms with Crippen LogP contribution in [0.15, 0.2) is 60.7 Å². The average molecular weight is 348 g/mol. The Kier molecular flexibility index (Phi) is 5.68. The maximum absolute atomic E-state index is 13.1. The molecule has 0 spiro atoms. The normalized spacial score (nSPS) is 11.6. The van der Waals surface area contributed by atoms with Gasteiger partial charge in [0.2, 0.25) is 0 Å². The predicted octanol–water partition coefficient (Wildman–Crippen LogP) is 4.68. The highest BCUT2D eigenvalue weighted by atomic mass is 31.2. The Hall–Kier alpha value is -2.26. The molecule has 0 aromatic heterocycles. The van der Waals surface area contributed by atoms with Crippen molar-refractivity contribution in [2.24, 2.45) is 0 Å². The third-order valence-electron chi connectivity index (χ3n) is 2.72. The second-order valence-electron chi connectivity index (χ2n) is 6.16. The number of hydrogen-bond acceptors (Lipinski definition) is 5. The smallest absolute Gasteiger partial charge is 0.441 e. The van der Waals surface area contributed by atoms with Gasteiger partial charge in [0.15, 0.2) is 6.16 Å². The van der Waals surface area contributed by atoms with Gasteiger partial charge < -0.3 is 13.8 Å². The molecule has 2 rings (SSSR count). The monoisotopic (exact) mass is 348 g/mol. The molecule has 0 radical (unpaired) electrons. The van der Waals surface area contributed by atoms with Crippen LogP contribution < -0.4 is 9.05 Å². The van der Waals surface area contributed by atoms with Crippen molar-refractivity contribution < 1.29 is 23.1 Å². The van der Waals surface area contributed by atoms with Crippen molar-refractivity contribution in [2.45, 2.75) is 26.4 Å². The summed E-state index contributed by atoms with van der Waals surface area (Å²) in [6, 6.07) is 17.2. The Morgan fingerprint density at radius 3 is 1.67 bits per heavy atom. The summed E-state index contributed by atoms with van der Waals surface area (Å²) in [5.41, 5.74) is -0.679. The van der Waals surface area contributed by atoms with E-state index in [-0.39, 0.29) is 0 Å². The molecule has 0 aliphatic rings. The van der Waals surface area contributed by atoms with Gasteiger partial charge in [0.1, 0.15) is 17.1 Å². The molecule has 0 saturated heterocycles. The number of esters is 1. The van der Waals surface area contributed by atoms with Gasteiger partial charge in [0.25, 0.3) is 0 Å². The lowest BCUT2D eigenvalue weighted by Gasteiger charge is -2.23. The van der Waals surface area contributed by atoms with Crippen LogP contribution in [0, 0.1) is 0 Å². The summed E-state index contributed by atoms with van der Waals surface area (Å²) in [4.78, 5) is 12.1. The van der Waals surface area contributed by atoms with Gasteiger partial charge in [0.05, 0.1) is 0 Å². The Labute approximate surface area is 142 Å². The van der Waals surface area contributed by atoms with E-state index in [1.54, 1.807) is 69.3 Å². The molecule has 0 amide bonds. The van der Waals surface area contributed by atoms with Crippen LogP contribution >= 0.6 is 7.60 Å². The topological polar surface area (TPSA) is 61.8 Å². The summed E-state index contributed by atoms with van der Waals surface area (Å²) in [6.45, 7) is 5.23. The largest absolute Gasteiger partial charge is 0.459 e. The predicted molar refractivity (Wildman–Crippen MR) is 92.5 cm³/mol. The van der Waals surface area contributed by atoms with E-state index in [1.165, 1.54) is 0 Å². The summed E-state index contributed by atoms with van der Waals surface area (Å²) in [7, 11) is -3.78. The molecule has 6 heteroatoms. The summed E-state index contributed by atoms with van der Waals surface area (Å²) in [5, 5.41) is 0. The standard InChI is InChI=1S/C18H21O5P/c1-18(2,3)21-17(19)14-24(20,22-15-10-6-4-7-11-15)23-16-12-8-5-9-13-16/h4-13H,14H2,1-3H3. The van der Waals surface area contributed by atoms with Gasteiger partial charge in [0, 0.05) is 0 Å². The van der Waals surface area contributed by atoms with E-state index >= 15 is 0 Å². The number of rotatable bonds is 6. The molecular formula is C18H21O5P. The lowest BCUT2D eigenvalue weighted by Crippen LogP contribution is -2.27. The number of para-hydroxylation sites is 2. The van der Waals surface area contributed by atoms with E-state index in [4.69, 9.17) is 13.8 Å². The van der Waals surface area contributed by atoms with E-state index in [9.17, 15) is 9.36 Å². The maximum atomic E-state index is 13.1. The van der Waals surface area contributed by atoms with Gasteiger partial charge in [-0.25, -0.2) is 4.57 Å². The quantitative estimate of drug-likeness (QED) is 0.560. The minimum absolute atomic E-state index is 0.361. The molecule has 0 saturated carbocycles. The summed E-state index contributed by atoms with van der Waals surface area (Å²) < 4.78 is 29.4. The molecule has 128 valence electrons. The number of carbonyl (C=O) groups excluding carboxylic acids is 1. The van der Waals surface area contributed by atoms with Gasteiger partial charge in [-0.1, -0.05) is 36.4 Å². The fourth-order valence-corrected chi connectivity index (χ4v) is 3.33. The van der Waals surface area contributed by atoms with Crippen molar-refractivity contribution in [1.29, 1.82) is 0 Å². The van der Waals surface area contributed by atoms with E-state index in [1.807, 2.05) is 12.1 Å².